The summed E-state index contributed by atoms with van der Waals surface area (Å²) in [5.41, 5.74) is 3.12. The maximum Gasteiger partial charge on any atom is 0.243 e. The Kier molecular flexibility index (Phi) is 8.09. The second-order valence-corrected chi connectivity index (χ2v) is 11.9. The zero-order valence-corrected chi connectivity index (χ0v) is 23.3. The van der Waals surface area contributed by atoms with Crippen molar-refractivity contribution in [3.8, 4) is 5.75 Å². The maximum absolute atomic E-state index is 13.8. The molecule has 0 spiro atoms. The monoisotopic (exact) mass is 548 g/mol. The first kappa shape index (κ1) is 27.0. The first-order valence-corrected chi connectivity index (χ1v) is 15.0. The molecule has 3 aromatic carbocycles. The molecule has 2 N–H and O–H groups in total. The van der Waals surface area contributed by atoms with Gasteiger partial charge in [0.05, 0.1) is 12.8 Å². The molecule has 3 aromatic rings. The Bertz CT molecular complexity index is 1380. The molecule has 9 heteroatoms. The number of benzene rings is 3. The number of carbonyl (C=O) groups is 1. The van der Waals surface area contributed by atoms with E-state index < -0.39 is 16.1 Å². The van der Waals surface area contributed by atoms with Crippen LogP contribution in [0.2, 0.25) is 0 Å². The van der Waals surface area contributed by atoms with Crippen molar-refractivity contribution in [2.75, 3.05) is 48.4 Å². The molecule has 1 atom stereocenters. The number of methoxy groups -OCH3 is 1. The van der Waals surface area contributed by atoms with Crippen molar-refractivity contribution in [1.29, 1.82) is 0 Å². The standard InChI is InChI=1S/C30H36N4O4S/c1-22(23-7-4-3-5-8-23)32-39(36,37)29-21-25(31-30(35)24-9-6-10-24)11-16-28(29)34-19-17-33(18-20-34)26-12-14-27(38-2)15-13-26/h3-5,7-8,11-16,21-22,24,32H,6,9-10,17-20H2,1-2H3,(H,31,35). The van der Waals surface area contributed by atoms with Crippen molar-refractivity contribution in [2.45, 2.75) is 37.1 Å². The molecular weight excluding hydrogens is 512 g/mol. The van der Waals surface area contributed by atoms with Crippen molar-refractivity contribution in [1.82, 2.24) is 4.72 Å². The van der Waals surface area contributed by atoms with Gasteiger partial charge in [-0.1, -0.05) is 36.8 Å². The topological polar surface area (TPSA) is 91.0 Å². The molecule has 1 saturated heterocycles. The number of anilines is 3. The van der Waals surface area contributed by atoms with Gasteiger partial charge in [0, 0.05) is 49.5 Å². The summed E-state index contributed by atoms with van der Waals surface area (Å²) in [5, 5.41) is 2.94. The molecule has 8 nitrogen and oxygen atoms in total. The summed E-state index contributed by atoms with van der Waals surface area (Å²) in [6, 6.07) is 22.3. The number of amides is 1. The van der Waals surface area contributed by atoms with Gasteiger partial charge in [-0.2, -0.15) is 0 Å². The van der Waals surface area contributed by atoms with Gasteiger partial charge in [-0.3, -0.25) is 4.79 Å². The molecule has 1 heterocycles. The number of piperazine rings is 1. The van der Waals surface area contributed by atoms with E-state index in [1.807, 2.05) is 67.6 Å². The molecular formula is C30H36N4O4S. The van der Waals surface area contributed by atoms with Crippen LogP contribution in [0.3, 0.4) is 0 Å². The molecule has 1 unspecified atom stereocenters. The first-order valence-electron chi connectivity index (χ1n) is 13.5. The highest BCUT2D eigenvalue weighted by atomic mass is 32.2. The molecule has 0 aromatic heterocycles. The molecule has 0 bridgehead atoms. The Morgan fingerprint density at radius 3 is 2.21 bits per heavy atom. The van der Waals surface area contributed by atoms with Gasteiger partial charge in [-0.05, 0) is 67.8 Å². The van der Waals surface area contributed by atoms with E-state index in [4.69, 9.17) is 4.74 Å². The van der Waals surface area contributed by atoms with Gasteiger partial charge in [-0.15, -0.1) is 0 Å². The lowest BCUT2D eigenvalue weighted by molar-refractivity contribution is -0.122. The van der Waals surface area contributed by atoms with Crippen LogP contribution in [0, 0.1) is 5.92 Å². The van der Waals surface area contributed by atoms with E-state index in [0.29, 0.717) is 24.5 Å². The number of ether oxygens (including phenoxy) is 1. The molecule has 206 valence electrons. The molecule has 5 rings (SSSR count). The fraction of sp³-hybridized carbons (Fsp3) is 0.367. The minimum absolute atomic E-state index is 0.00648. The van der Waals surface area contributed by atoms with Gasteiger partial charge in [0.1, 0.15) is 10.6 Å². The number of nitrogens with zero attached hydrogens (tertiary/aromatic N) is 2. The van der Waals surface area contributed by atoms with Gasteiger partial charge in [0.25, 0.3) is 0 Å². The van der Waals surface area contributed by atoms with Crippen molar-refractivity contribution < 1.29 is 17.9 Å². The van der Waals surface area contributed by atoms with E-state index in [-0.39, 0.29) is 16.7 Å². The van der Waals surface area contributed by atoms with Gasteiger partial charge in [0.15, 0.2) is 0 Å². The van der Waals surface area contributed by atoms with Crippen LogP contribution >= 0.6 is 0 Å². The Hall–Kier alpha value is -3.56. The lowest BCUT2D eigenvalue weighted by Gasteiger charge is -2.38. The summed E-state index contributed by atoms with van der Waals surface area (Å²) in [6.45, 7) is 4.66. The number of hydrogen-bond acceptors (Lipinski definition) is 6. The van der Waals surface area contributed by atoms with Crippen LogP contribution in [0.1, 0.15) is 37.8 Å². The summed E-state index contributed by atoms with van der Waals surface area (Å²) in [5.74, 6) is 0.775. The molecule has 0 radical (unpaired) electrons. The summed E-state index contributed by atoms with van der Waals surface area (Å²) in [4.78, 5) is 17.2. The number of nitrogens with one attached hydrogen (secondary N) is 2. The van der Waals surface area contributed by atoms with Gasteiger partial charge < -0.3 is 19.9 Å². The van der Waals surface area contributed by atoms with Gasteiger partial charge >= 0.3 is 0 Å². The third kappa shape index (κ3) is 6.20. The maximum atomic E-state index is 13.8. The highest BCUT2D eigenvalue weighted by molar-refractivity contribution is 7.89. The minimum Gasteiger partial charge on any atom is -0.497 e. The average Bonchev–Trinajstić information content (AvgIpc) is 2.92. The van der Waals surface area contributed by atoms with Crippen LogP contribution in [0.25, 0.3) is 0 Å². The largest absolute Gasteiger partial charge is 0.497 e. The molecule has 2 fully saturated rings. The molecule has 2 aliphatic rings. The summed E-state index contributed by atoms with van der Waals surface area (Å²) in [6.07, 6.45) is 2.81. The lowest BCUT2D eigenvalue weighted by Crippen LogP contribution is -2.47. The van der Waals surface area contributed by atoms with Crippen LogP contribution in [0.15, 0.2) is 77.7 Å². The smallest absolute Gasteiger partial charge is 0.243 e. The Labute approximate surface area is 231 Å². The van der Waals surface area contributed by atoms with Crippen molar-refractivity contribution in [3.05, 3.63) is 78.4 Å². The average molecular weight is 549 g/mol. The molecule has 1 saturated carbocycles. The minimum atomic E-state index is -3.90. The predicted molar refractivity (Wildman–Crippen MR) is 155 cm³/mol. The third-order valence-electron chi connectivity index (χ3n) is 7.68. The van der Waals surface area contributed by atoms with Crippen molar-refractivity contribution in [3.63, 3.8) is 0 Å². The van der Waals surface area contributed by atoms with E-state index in [2.05, 4.69) is 19.8 Å². The van der Waals surface area contributed by atoms with Crippen LogP contribution in [0.5, 0.6) is 5.75 Å². The number of carbonyl (C=O) groups excluding carboxylic acids is 1. The first-order chi connectivity index (χ1) is 18.8. The van der Waals surface area contributed by atoms with Crippen LogP contribution in [-0.2, 0) is 14.8 Å². The zero-order valence-electron chi connectivity index (χ0n) is 22.5. The van der Waals surface area contributed by atoms with Gasteiger partial charge in [-0.25, -0.2) is 13.1 Å². The van der Waals surface area contributed by atoms with Crippen LogP contribution < -0.4 is 24.6 Å². The Balaban J connectivity index is 1.38. The third-order valence-corrected chi connectivity index (χ3v) is 9.25. The van der Waals surface area contributed by atoms with Crippen LogP contribution in [0.4, 0.5) is 17.1 Å². The summed E-state index contributed by atoms with van der Waals surface area (Å²) in [7, 11) is -2.25. The second-order valence-electron chi connectivity index (χ2n) is 10.2. The highest BCUT2D eigenvalue weighted by Crippen LogP contribution is 2.33. The molecule has 1 aliphatic heterocycles. The fourth-order valence-corrected chi connectivity index (χ4v) is 6.57. The van der Waals surface area contributed by atoms with Gasteiger partial charge in [0.2, 0.25) is 15.9 Å². The molecule has 39 heavy (non-hydrogen) atoms. The SMILES string of the molecule is COc1ccc(N2CCN(c3ccc(NC(=O)C4CCC4)cc3S(=O)(=O)NC(C)c3ccccc3)CC2)cc1. The van der Waals surface area contributed by atoms with E-state index in [0.717, 1.165) is 49.4 Å². The number of rotatable bonds is 9. The summed E-state index contributed by atoms with van der Waals surface area (Å²) >= 11 is 0. The zero-order chi connectivity index (χ0) is 27.4. The second kappa shape index (κ2) is 11.7. The Morgan fingerprint density at radius 1 is 0.923 bits per heavy atom. The number of sulfonamides is 1. The van der Waals surface area contributed by atoms with Crippen molar-refractivity contribution >= 4 is 33.0 Å². The summed E-state index contributed by atoms with van der Waals surface area (Å²) < 4.78 is 35.7. The Morgan fingerprint density at radius 2 is 1.59 bits per heavy atom. The predicted octanol–water partition coefficient (Wildman–Crippen LogP) is 4.80. The quantitative estimate of drug-likeness (QED) is 0.399. The van der Waals surface area contributed by atoms with E-state index in [9.17, 15) is 13.2 Å². The van der Waals surface area contributed by atoms with E-state index in [1.165, 1.54) is 0 Å². The van der Waals surface area contributed by atoms with E-state index in [1.54, 1.807) is 19.2 Å². The van der Waals surface area contributed by atoms with Crippen LogP contribution in [-0.4, -0.2) is 47.6 Å². The highest BCUT2D eigenvalue weighted by Gasteiger charge is 2.29. The molecule has 1 aliphatic carbocycles. The number of hydrogen-bond donors (Lipinski definition) is 2. The fourth-order valence-electron chi connectivity index (χ4n) is 5.09. The normalized spacial score (nSPS) is 16.9. The lowest BCUT2D eigenvalue weighted by atomic mass is 9.85. The van der Waals surface area contributed by atoms with Crippen molar-refractivity contribution in [2.24, 2.45) is 5.92 Å². The molecule has 1 amide bonds. The van der Waals surface area contributed by atoms with E-state index >= 15 is 0 Å².